The number of hydrogen-bond donors (Lipinski definition) is 2. The average molecular weight is 199 g/mol. The second-order valence-corrected chi connectivity index (χ2v) is 2.66. The van der Waals surface area contributed by atoms with E-state index in [-0.39, 0.29) is 0 Å². The number of benzene rings is 1. The summed E-state index contributed by atoms with van der Waals surface area (Å²) in [6.07, 6.45) is -1.92. The van der Waals surface area contributed by atoms with Gasteiger partial charge >= 0.3 is 6.09 Å². The standard InChI is InChI=1S/C9H10FNO3/c10-7-3-1-2-6(4-7)8(5-12)14-9(11)13/h1-4,8,12H,5H2,(H2,11,13)/t8-/m1/s1. The van der Waals surface area contributed by atoms with Crippen LogP contribution in [0, 0.1) is 5.82 Å². The van der Waals surface area contributed by atoms with Gasteiger partial charge in [-0.2, -0.15) is 0 Å². The molecule has 1 rings (SSSR count). The smallest absolute Gasteiger partial charge is 0.405 e. The first-order valence-electron chi connectivity index (χ1n) is 3.96. The third-order valence-electron chi connectivity index (χ3n) is 1.64. The molecule has 0 radical (unpaired) electrons. The lowest BCUT2D eigenvalue weighted by Crippen LogP contribution is -2.19. The van der Waals surface area contributed by atoms with Crippen molar-refractivity contribution in [3.63, 3.8) is 0 Å². The van der Waals surface area contributed by atoms with Crippen molar-refractivity contribution < 1.29 is 19.0 Å². The first-order chi connectivity index (χ1) is 6.63. The fraction of sp³-hybridized carbons (Fsp3) is 0.222. The number of amides is 1. The van der Waals surface area contributed by atoms with Gasteiger partial charge in [0.05, 0.1) is 6.61 Å². The minimum Gasteiger partial charge on any atom is -0.439 e. The van der Waals surface area contributed by atoms with Crippen LogP contribution in [0.15, 0.2) is 24.3 Å². The molecule has 0 aliphatic heterocycles. The van der Waals surface area contributed by atoms with Crippen LogP contribution in [-0.2, 0) is 4.74 Å². The van der Waals surface area contributed by atoms with E-state index in [1.54, 1.807) is 0 Å². The minimum atomic E-state index is -1.01. The van der Waals surface area contributed by atoms with Crippen LogP contribution in [0.25, 0.3) is 0 Å². The highest BCUT2D eigenvalue weighted by Crippen LogP contribution is 2.17. The molecule has 0 bridgehead atoms. The van der Waals surface area contributed by atoms with Gasteiger partial charge in [0, 0.05) is 0 Å². The van der Waals surface area contributed by atoms with E-state index >= 15 is 0 Å². The quantitative estimate of drug-likeness (QED) is 0.761. The van der Waals surface area contributed by atoms with Crippen LogP contribution < -0.4 is 5.73 Å². The largest absolute Gasteiger partial charge is 0.439 e. The van der Waals surface area contributed by atoms with Gasteiger partial charge in [-0.1, -0.05) is 12.1 Å². The number of halogens is 1. The highest BCUT2D eigenvalue weighted by atomic mass is 19.1. The van der Waals surface area contributed by atoms with Gasteiger partial charge in [-0.3, -0.25) is 0 Å². The van der Waals surface area contributed by atoms with Crippen molar-refractivity contribution in [1.29, 1.82) is 0 Å². The summed E-state index contributed by atoms with van der Waals surface area (Å²) < 4.78 is 17.3. The molecule has 4 nitrogen and oxygen atoms in total. The van der Waals surface area contributed by atoms with Gasteiger partial charge in [0.2, 0.25) is 0 Å². The van der Waals surface area contributed by atoms with Crippen molar-refractivity contribution in [2.24, 2.45) is 5.73 Å². The summed E-state index contributed by atoms with van der Waals surface area (Å²) in [5.74, 6) is -0.464. The van der Waals surface area contributed by atoms with Gasteiger partial charge in [0.1, 0.15) is 5.82 Å². The molecule has 1 aromatic carbocycles. The third-order valence-corrected chi connectivity index (χ3v) is 1.64. The van der Waals surface area contributed by atoms with Gasteiger partial charge in [-0.05, 0) is 17.7 Å². The van der Waals surface area contributed by atoms with Gasteiger partial charge in [0.25, 0.3) is 0 Å². The van der Waals surface area contributed by atoms with Gasteiger partial charge in [-0.25, -0.2) is 9.18 Å². The zero-order valence-electron chi connectivity index (χ0n) is 7.31. The second-order valence-electron chi connectivity index (χ2n) is 2.66. The van der Waals surface area contributed by atoms with Crippen molar-refractivity contribution in [3.05, 3.63) is 35.6 Å². The molecule has 0 spiro atoms. The monoisotopic (exact) mass is 199 g/mol. The topological polar surface area (TPSA) is 72.6 Å². The van der Waals surface area contributed by atoms with Crippen LogP contribution in [0.3, 0.4) is 0 Å². The summed E-state index contributed by atoms with van der Waals surface area (Å²) in [7, 11) is 0. The molecule has 0 heterocycles. The number of nitrogens with two attached hydrogens (primary N) is 1. The molecule has 0 aliphatic carbocycles. The molecule has 1 amide bonds. The Morgan fingerprint density at radius 3 is 2.86 bits per heavy atom. The summed E-state index contributed by atoms with van der Waals surface area (Å²) in [5.41, 5.74) is 5.15. The van der Waals surface area contributed by atoms with Crippen molar-refractivity contribution in [1.82, 2.24) is 0 Å². The molecular formula is C9H10FNO3. The van der Waals surface area contributed by atoms with Gasteiger partial charge < -0.3 is 15.6 Å². The molecule has 76 valence electrons. The zero-order chi connectivity index (χ0) is 10.6. The van der Waals surface area contributed by atoms with Crippen molar-refractivity contribution in [3.8, 4) is 0 Å². The van der Waals surface area contributed by atoms with Gasteiger partial charge in [-0.15, -0.1) is 0 Å². The maximum Gasteiger partial charge on any atom is 0.405 e. The number of aliphatic hydroxyl groups excluding tert-OH is 1. The molecule has 0 aromatic heterocycles. The van der Waals surface area contributed by atoms with Crippen LogP contribution in [-0.4, -0.2) is 17.8 Å². The number of primary amides is 1. The maximum absolute atomic E-state index is 12.7. The molecule has 0 fully saturated rings. The summed E-state index contributed by atoms with van der Waals surface area (Å²) in [6, 6.07) is 5.41. The predicted molar refractivity (Wildman–Crippen MR) is 46.9 cm³/mol. The van der Waals surface area contributed by atoms with E-state index in [1.165, 1.54) is 24.3 Å². The Kier molecular flexibility index (Phi) is 3.41. The fourth-order valence-corrected chi connectivity index (χ4v) is 1.06. The molecule has 1 aromatic rings. The van der Waals surface area contributed by atoms with Gasteiger partial charge in [0.15, 0.2) is 6.10 Å². The van der Waals surface area contributed by atoms with E-state index < -0.39 is 24.6 Å². The Morgan fingerprint density at radius 2 is 2.36 bits per heavy atom. The van der Waals surface area contributed by atoms with E-state index in [9.17, 15) is 9.18 Å². The van der Waals surface area contributed by atoms with Crippen LogP contribution in [0.5, 0.6) is 0 Å². The highest BCUT2D eigenvalue weighted by molar-refractivity contribution is 5.65. The lowest BCUT2D eigenvalue weighted by atomic mass is 10.1. The average Bonchev–Trinajstić information content (AvgIpc) is 2.14. The number of hydrogen-bond acceptors (Lipinski definition) is 3. The van der Waals surface area contributed by atoms with E-state index in [1.807, 2.05) is 0 Å². The summed E-state index contributed by atoms with van der Waals surface area (Å²) in [6.45, 7) is -0.438. The predicted octanol–water partition coefficient (Wildman–Crippen LogP) is 0.954. The van der Waals surface area contributed by atoms with Crippen molar-refractivity contribution in [2.45, 2.75) is 6.10 Å². The molecule has 3 N–H and O–H groups in total. The molecule has 0 aliphatic rings. The zero-order valence-corrected chi connectivity index (χ0v) is 7.31. The number of carbonyl (C=O) groups excluding carboxylic acids is 1. The van der Waals surface area contributed by atoms with Crippen LogP contribution in [0.1, 0.15) is 11.7 Å². The Morgan fingerprint density at radius 1 is 1.64 bits per heavy atom. The maximum atomic E-state index is 12.7. The fourth-order valence-electron chi connectivity index (χ4n) is 1.06. The lowest BCUT2D eigenvalue weighted by Gasteiger charge is -2.13. The SMILES string of the molecule is NC(=O)O[C@H](CO)c1cccc(F)c1. The number of rotatable bonds is 3. The highest BCUT2D eigenvalue weighted by Gasteiger charge is 2.14. The number of carbonyl (C=O) groups is 1. The third kappa shape index (κ3) is 2.70. The van der Waals surface area contributed by atoms with Crippen LogP contribution in [0.4, 0.5) is 9.18 Å². The van der Waals surface area contributed by atoms with Crippen LogP contribution in [0.2, 0.25) is 0 Å². The summed E-state index contributed by atoms with van der Waals surface area (Å²) in [5, 5.41) is 8.86. The Bertz CT molecular complexity index is 330. The Hall–Kier alpha value is -1.62. The lowest BCUT2D eigenvalue weighted by molar-refractivity contribution is 0.0631. The van der Waals surface area contributed by atoms with E-state index in [4.69, 9.17) is 10.8 Å². The molecule has 0 saturated heterocycles. The number of ether oxygens (including phenoxy) is 1. The second kappa shape index (κ2) is 4.57. The van der Waals surface area contributed by atoms with Crippen LogP contribution >= 0.6 is 0 Å². The summed E-state index contributed by atoms with van der Waals surface area (Å²) >= 11 is 0. The molecule has 14 heavy (non-hydrogen) atoms. The number of aliphatic hydroxyl groups is 1. The molecular weight excluding hydrogens is 189 g/mol. The molecule has 0 unspecified atom stereocenters. The first-order valence-corrected chi connectivity index (χ1v) is 3.96. The Balaban J connectivity index is 2.83. The van der Waals surface area contributed by atoms with E-state index in [2.05, 4.69) is 4.74 Å². The normalized spacial score (nSPS) is 12.1. The molecule has 1 atom stereocenters. The first kappa shape index (κ1) is 10.5. The van der Waals surface area contributed by atoms with Crippen molar-refractivity contribution >= 4 is 6.09 Å². The molecule has 5 heteroatoms. The minimum absolute atomic E-state index is 0.367. The van der Waals surface area contributed by atoms with Crippen molar-refractivity contribution in [2.75, 3.05) is 6.61 Å². The van der Waals surface area contributed by atoms with E-state index in [0.717, 1.165) is 0 Å². The molecule has 0 saturated carbocycles. The van der Waals surface area contributed by atoms with E-state index in [0.29, 0.717) is 5.56 Å². The Labute approximate surface area is 80.1 Å². The summed E-state index contributed by atoms with van der Waals surface area (Å²) in [4.78, 5) is 10.4.